The maximum absolute atomic E-state index is 11.0. The quantitative estimate of drug-likeness (QED) is 0.606. The second-order valence-electron chi connectivity index (χ2n) is 2.33. The third-order valence-electron chi connectivity index (χ3n) is 0.989. The van der Waals surface area contributed by atoms with Crippen LogP contribution in [0.2, 0.25) is 0 Å². The van der Waals surface area contributed by atoms with E-state index in [0.29, 0.717) is 0 Å². The number of imidazole rings is 1. The van der Waals surface area contributed by atoms with Gasteiger partial charge in [-0.25, -0.2) is 14.3 Å². The van der Waals surface area contributed by atoms with Gasteiger partial charge in [-0.05, 0) is 13.8 Å². The monoisotopic (exact) mass is 153 g/mol. The molecule has 59 valence electrons. The lowest BCUT2D eigenvalue weighted by molar-refractivity contribution is 0.117. The highest BCUT2D eigenvalue weighted by molar-refractivity contribution is 5.69. The van der Waals surface area contributed by atoms with Crippen molar-refractivity contribution in [2.24, 2.45) is 0 Å². The summed E-state index contributed by atoms with van der Waals surface area (Å²) in [4.78, 5) is 14.6. The van der Waals surface area contributed by atoms with Gasteiger partial charge in [0.2, 0.25) is 0 Å². The zero-order valence-corrected chi connectivity index (χ0v) is 6.44. The maximum Gasteiger partial charge on any atom is 0.420 e. The van der Waals surface area contributed by atoms with Gasteiger partial charge >= 0.3 is 6.09 Å². The number of nitrogens with zero attached hydrogens (tertiary/aromatic N) is 2. The van der Waals surface area contributed by atoms with Crippen molar-refractivity contribution in [3.05, 3.63) is 18.7 Å². The zero-order chi connectivity index (χ0) is 8.27. The van der Waals surface area contributed by atoms with E-state index in [1.165, 1.54) is 17.0 Å². The van der Waals surface area contributed by atoms with E-state index in [2.05, 4.69) is 11.3 Å². The molecule has 0 saturated heterocycles. The molecule has 1 aromatic heterocycles. The highest BCUT2D eigenvalue weighted by Crippen LogP contribution is 1.93. The number of ether oxygens (including phenoxy) is 1. The summed E-state index contributed by atoms with van der Waals surface area (Å²) in [6.07, 6.45) is 4.84. The van der Waals surface area contributed by atoms with Crippen molar-refractivity contribution in [1.29, 1.82) is 0 Å². The Morgan fingerprint density at radius 3 is 2.91 bits per heavy atom. The Morgan fingerprint density at radius 1 is 1.73 bits per heavy atom. The zero-order valence-electron chi connectivity index (χ0n) is 6.44. The third-order valence-corrected chi connectivity index (χ3v) is 0.989. The molecule has 0 aliphatic carbocycles. The van der Waals surface area contributed by atoms with E-state index in [1.807, 2.05) is 0 Å². The Kier molecular flexibility index (Phi) is 2.25. The minimum atomic E-state index is -0.447. The molecular weight excluding hydrogens is 144 g/mol. The van der Waals surface area contributed by atoms with Crippen LogP contribution in [0.3, 0.4) is 0 Å². The Morgan fingerprint density at radius 2 is 2.45 bits per heavy atom. The van der Waals surface area contributed by atoms with Crippen molar-refractivity contribution in [2.45, 2.75) is 20.0 Å². The second-order valence-corrected chi connectivity index (χ2v) is 2.33. The van der Waals surface area contributed by atoms with Gasteiger partial charge in [-0.2, -0.15) is 0 Å². The highest BCUT2D eigenvalue weighted by atomic mass is 16.6. The van der Waals surface area contributed by atoms with Crippen molar-refractivity contribution in [2.75, 3.05) is 0 Å². The number of carbonyl (C=O) groups excluding carboxylic acids is 1. The Hall–Kier alpha value is -1.32. The summed E-state index contributed by atoms with van der Waals surface area (Å²) in [5, 5.41) is 0. The number of aromatic nitrogens is 2. The van der Waals surface area contributed by atoms with E-state index in [9.17, 15) is 4.79 Å². The van der Waals surface area contributed by atoms with Crippen LogP contribution < -0.4 is 0 Å². The lowest BCUT2D eigenvalue weighted by Crippen LogP contribution is -2.16. The Bertz CT molecular complexity index is 229. The summed E-state index contributed by atoms with van der Waals surface area (Å²) < 4.78 is 6.01. The first-order chi connectivity index (χ1) is 5.20. The molecular formula is C7H9N2O2. The topological polar surface area (TPSA) is 44.1 Å². The van der Waals surface area contributed by atoms with Crippen LogP contribution in [0.5, 0.6) is 0 Å². The van der Waals surface area contributed by atoms with E-state index in [-0.39, 0.29) is 6.10 Å². The van der Waals surface area contributed by atoms with Crippen LogP contribution in [0.15, 0.2) is 12.4 Å². The molecule has 0 amide bonds. The SMILES string of the molecule is CC(C)OC(=O)n1[c]ncc1. The summed E-state index contributed by atoms with van der Waals surface area (Å²) >= 11 is 0. The van der Waals surface area contributed by atoms with Crippen molar-refractivity contribution in [1.82, 2.24) is 9.55 Å². The standard InChI is InChI=1S/C7H9N2O2/c1-6(2)11-7(10)9-4-3-8-5-9/h3-4,6H,1-2H3. The van der Waals surface area contributed by atoms with Crippen molar-refractivity contribution < 1.29 is 9.53 Å². The number of carbonyl (C=O) groups is 1. The molecule has 0 bridgehead atoms. The number of rotatable bonds is 1. The van der Waals surface area contributed by atoms with Gasteiger partial charge in [0.1, 0.15) is 0 Å². The van der Waals surface area contributed by atoms with Gasteiger partial charge in [-0.3, -0.25) is 0 Å². The van der Waals surface area contributed by atoms with Crippen LogP contribution in [-0.2, 0) is 4.74 Å². The van der Waals surface area contributed by atoms with E-state index in [0.717, 1.165) is 0 Å². The normalized spacial score (nSPS) is 10.1. The first-order valence-corrected chi connectivity index (χ1v) is 3.32. The van der Waals surface area contributed by atoms with Gasteiger partial charge in [0.05, 0.1) is 6.10 Å². The Labute approximate surface area is 64.8 Å². The van der Waals surface area contributed by atoms with Gasteiger partial charge in [0.25, 0.3) is 0 Å². The molecule has 0 saturated carbocycles. The number of hydrogen-bond acceptors (Lipinski definition) is 3. The van der Waals surface area contributed by atoms with E-state index in [1.54, 1.807) is 13.8 Å². The molecule has 0 aliphatic heterocycles. The predicted molar refractivity (Wildman–Crippen MR) is 38.1 cm³/mol. The molecule has 1 radical (unpaired) electrons. The van der Waals surface area contributed by atoms with Crippen molar-refractivity contribution >= 4 is 6.09 Å². The van der Waals surface area contributed by atoms with Gasteiger partial charge in [-0.1, -0.05) is 0 Å². The van der Waals surface area contributed by atoms with E-state index >= 15 is 0 Å². The molecule has 0 aromatic carbocycles. The third kappa shape index (κ3) is 2.07. The van der Waals surface area contributed by atoms with Crippen molar-refractivity contribution in [3.8, 4) is 0 Å². The van der Waals surface area contributed by atoms with Crippen LogP contribution in [0.25, 0.3) is 0 Å². The second kappa shape index (κ2) is 3.18. The average Bonchev–Trinajstić information content (AvgIpc) is 2.35. The van der Waals surface area contributed by atoms with Gasteiger partial charge in [0, 0.05) is 12.4 Å². The predicted octanol–water partition coefficient (Wildman–Crippen LogP) is 1.08. The lowest BCUT2D eigenvalue weighted by Gasteiger charge is -2.06. The van der Waals surface area contributed by atoms with E-state index < -0.39 is 6.09 Å². The smallest absolute Gasteiger partial charge is 0.420 e. The average molecular weight is 153 g/mol. The van der Waals surface area contributed by atoms with E-state index in [4.69, 9.17) is 4.74 Å². The summed E-state index contributed by atoms with van der Waals surface area (Å²) in [6.45, 7) is 3.57. The van der Waals surface area contributed by atoms with Crippen LogP contribution in [0, 0.1) is 6.33 Å². The fourth-order valence-electron chi connectivity index (χ4n) is 0.589. The summed E-state index contributed by atoms with van der Waals surface area (Å²) in [6, 6.07) is 0. The fraction of sp³-hybridized carbons (Fsp3) is 0.429. The largest absolute Gasteiger partial charge is 0.446 e. The minimum absolute atomic E-state index is 0.113. The molecule has 11 heavy (non-hydrogen) atoms. The molecule has 1 heterocycles. The van der Waals surface area contributed by atoms with Crippen LogP contribution >= 0.6 is 0 Å². The molecule has 1 aromatic rings. The molecule has 0 spiro atoms. The summed E-state index contributed by atoms with van der Waals surface area (Å²) in [5.74, 6) is 0. The molecule has 4 heteroatoms. The van der Waals surface area contributed by atoms with Gasteiger partial charge < -0.3 is 4.74 Å². The van der Waals surface area contributed by atoms with Gasteiger partial charge in [-0.15, -0.1) is 0 Å². The van der Waals surface area contributed by atoms with Gasteiger partial charge in [0.15, 0.2) is 6.33 Å². The van der Waals surface area contributed by atoms with Crippen LogP contribution in [0.1, 0.15) is 13.8 Å². The van der Waals surface area contributed by atoms with Crippen molar-refractivity contribution in [3.63, 3.8) is 0 Å². The molecule has 0 aliphatic rings. The summed E-state index contributed by atoms with van der Waals surface area (Å²) in [5.41, 5.74) is 0. The molecule has 0 N–H and O–H groups in total. The highest BCUT2D eigenvalue weighted by Gasteiger charge is 2.06. The molecule has 0 fully saturated rings. The first-order valence-electron chi connectivity index (χ1n) is 3.32. The first kappa shape index (κ1) is 7.78. The minimum Gasteiger partial charge on any atom is -0.446 e. The fourth-order valence-corrected chi connectivity index (χ4v) is 0.589. The lowest BCUT2D eigenvalue weighted by atomic mass is 10.5. The summed E-state index contributed by atoms with van der Waals surface area (Å²) in [7, 11) is 0. The van der Waals surface area contributed by atoms with Crippen LogP contribution in [-0.4, -0.2) is 21.7 Å². The molecule has 4 nitrogen and oxygen atoms in total. The molecule has 0 atom stereocenters. The number of hydrogen-bond donors (Lipinski definition) is 0. The molecule has 0 unspecified atom stereocenters. The maximum atomic E-state index is 11.0. The van der Waals surface area contributed by atoms with Crippen LogP contribution in [0.4, 0.5) is 4.79 Å². The molecule has 1 rings (SSSR count). The Balaban J connectivity index is 2.57.